The van der Waals surface area contributed by atoms with Crippen LogP contribution in [-0.4, -0.2) is 51.0 Å². The van der Waals surface area contributed by atoms with Crippen LogP contribution >= 0.6 is 19.4 Å². The number of fused-ring (bicyclic) bond motifs is 1. The Morgan fingerprint density at radius 2 is 1.85 bits per heavy atom. The Hall–Kier alpha value is -3.80. The van der Waals surface area contributed by atoms with Crippen molar-refractivity contribution < 1.29 is 33.1 Å². The molecule has 0 aliphatic heterocycles. The van der Waals surface area contributed by atoms with Gasteiger partial charge in [0.1, 0.15) is 18.0 Å². The van der Waals surface area contributed by atoms with Crippen molar-refractivity contribution in [1.29, 1.82) is 0 Å². The number of phosphoric ester groups is 1. The van der Waals surface area contributed by atoms with Crippen molar-refractivity contribution in [3.63, 3.8) is 0 Å². The fourth-order valence-electron chi connectivity index (χ4n) is 3.50. The van der Waals surface area contributed by atoms with E-state index in [1.54, 1.807) is 54.7 Å². The van der Waals surface area contributed by atoms with E-state index >= 15 is 0 Å². The van der Waals surface area contributed by atoms with Gasteiger partial charge in [-0.15, -0.1) is 0 Å². The first-order chi connectivity index (χ1) is 18.7. The van der Waals surface area contributed by atoms with Crippen molar-refractivity contribution in [3.8, 4) is 11.5 Å². The van der Waals surface area contributed by atoms with E-state index in [9.17, 15) is 9.36 Å². The molecule has 39 heavy (non-hydrogen) atoms. The molecular weight excluding hydrogens is 549 g/mol. The maximum absolute atomic E-state index is 12.4. The maximum Gasteiger partial charge on any atom is 0.469 e. The predicted molar refractivity (Wildman–Crippen MR) is 146 cm³/mol. The number of amides is 1. The summed E-state index contributed by atoms with van der Waals surface area (Å²) in [5.74, 6) is 1.48. The van der Waals surface area contributed by atoms with Crippen LogP contribution in [0.25, 0.3) is 10.9 Å². The number of hydrogen-bond acceptors (Lipinski definition) is 9. The average molecular weight is 574 g/mol. The van der Waals surface area contributed by atoms with Gasteiger partial charge in [0.15, 0.2) is 11.5 Å². The minimum absolute atomic E-state index is 0.0746. The Kier molecular flexibility index (Phi) is 9.28. The average Bonchev–Trinajstić information content (AvgIpc) is 2.91. The van der Waals surface area contributed by atoms with Gasteiger partial charge in [-0.2, -0.15) is 0 Å². The molecule has 204 valence electrons. The van der Waals surface area contributed by atoms with Gasteiger partial charge in [0, 0.05) is 22.0 Å². The fourth-order valence-corrected chi connectivity index (χ4v) is 4.06. The summed E-state index contributed by atoms with van der Waals surface area (Å²) in [7, 11) is -2.96. The molecule has 1 amide bonds. The lowest BCUT2D eigenvalue weighted by molar-refractivity contribution is 0.102. The SMILES string of the molecule is COc1cc2c(Nc3ccc(NC(=O)c4cccc(Cl)c4)nc3)ncnc2cc1OCCCCOP(=O)(O)O. The number of aromatic nitrogens is 3. The highest BCUT2D eigenvalue weighted by Crippen LogP contribution is 2.36. The molecule has 0 bridgehead atoms. The number of benzene rings is 2. The first-order valence-corrected chi connectivity index (χ1v) is 13.6. The Morgan fingerprint density at radius 1 is 1.03 bits per heavy atom. The van der Waals surface area contributed by atoms with Crippen LogP contribution in [0.15, 0.2) is 61.1 Å². The molecule has 14 heteroatoms. The maximum atomic E-state index is 12.4. The molecule has 0 radical (unpaired) electrons. The van der Waals surface area contributed by atoms with Gasteiger partial charge in [0.25, 0.3) is 5.91 Å². The molecule has 2 heterocycles. The molecule has 0 fully saturated rings. The molecular formula is C25H25ClN5O7P. The van der Waals surface area contributed by atoms with E-state index in [2.05, 4.69) is 30.1 Å². The van der Waals surface area contributed by atoms with Crippen molar-refractivity contribution in [1.82, 2.24) is 15.0 Å². The first kappa shape index (κ1) is 28.2. The number of pyridine rings is 1. The summed E-state index contributed by atoms with van der Waals surface area (Å²) < 4.78 is 26.4. The largest absolute Gasteiger partial charge is 0.493 e. The van der Waals surface area contributed by atoms with Crippen LogP contribution in [0.4, 0.5) is 17.3 Å². The van der Waals surface area contributed by atoms with Crippen molar-refractivity contribution in [2.24, 2.45) is 0 Å². The second-order valence-corrected chi connectivity index (χ2v) is 9.82. The lowest BCUT2D eigenvalue weighted by atomic mass is 10.2. The lowest BCUT2D eigenvalue weighted by Gasteiger charge is -2.14. The van der Waals surface area contributed by atoms with Gasteiger partial charge < -0.3 is 29.9 Å². The molecule has 4 rings (SSSR count). The zero-order valence-corrected chi connectivity index (χ0v) is 22.4. The normalized spacial score (nSPS) is 11.3. The number of nitrogens with zero attached hydrogens (tertiary/aromatic N) is 3. The van der Waals surface area contributed by atoms with Crippen LogP contribution < -0.4 is 20.1 Å². The summed E-state index contributed by atoms with van der Waals surface area (Å²) in [4.78, 5) is 42.8. The third-order valence-electron chi connectivity index (χ3n) is 5.33. The van der Waals surface area contributed by atoms with Crippen molar-refractivity contribution in [3.05, 3.63) is 71.6 Å². The number of unbranched alkanes of at least 4 members (excludes halogenated alkanes) is 1. The molecule has 4 N–H and O–H groups in total. The predicted octanol–water partition coefficient (Wildman–Crippen LogP) is 4.95. The van der Waals surface area contributed by atoms with Crippen molar-refractivity contribution >= 4 is 53.6 Å². The van der Waals surface area contributed by atoms with Gasteiger partial charge in [-0.1, -0.05) is 17.7 Å². The van der Waals surface area contributed by atoms with Crippen LogP contribution in [-0.2, 0) is 9.09 Å². The number of anilines is 3. The monoisotopic (exact) mass is 573 g/mol. The zero-order chi connectivity index (χ0) is 27.8. The molecule has 0 atom stereocenters. The van der Waals surface area contributed by atoms with Crippen LogP contribution in [0, 0.1) is 0 Å². The van der Waals surface area contributed by atoms with E-state index in [0.717, 1.165) is 0 Å². The summed E-state index contributed by atoms with van der Waals surface area (Å²) in [5.41, 5.74) is 1.66. The Morgan fingerprint density at radius 3 is 2.56 bits per heavy atom. The van der Waals surface area contributed by atoms with E-state index in [4.69, 9.17) is 30.9 Å². The Balaban J connectivity index is 1.41. The quantitative estimate of drug-likeness (QED) is 0.134. The van der Waals surface area contributed by atoms with Crippen LogP contribution in [0.1, 0.15) is 23.2 Å². The molecule has 2 aromatic carbocycles. The smallest absolute Gasteiger partial charge is 0.469 e. The van der Waals surface area contributed by atoms with Crippen LogP contribution in [0.2, 0.25) is 5.02 Å². The topological polar surface area (TPSA) is 165 Å². The summed E-state index contributed by atoms with van der Waals surface area (Å²) in [5, 5.41) is 7.07. The Bertz CT molecular complexity index is 1500. The molecule has 0 aliphatic rings. The number of halogens is 1. The van der Waals surface area contributed by atoms with Crippen LogP contribution in [0.3, 0.4) is 0 Å². The minimum atomic E-state index is -4.47. The molecule has 0 unspecified atom stereocenters. The fraction of sp³-hybridized carbons (Fsp3) is 0.200. The highest BCUT2D eigenvalue weighted by Gasteiger charge is 2.14. The summed E-state index contributed by atoms with van der Waals surface area (Å²) >= 11 is 5.96. The second-order valence-electron chi connectivity index (χ2n) is 8.14. The van der Waals surface area contributed by atoms with E-state index in [1.807, 2.05) is 0 Å². The third kappa shape index (κ3) is 8.09. The lowest BCUT2D eigenvalue weighted by Crippen LogP contribution is -2.12. The van der Waals surface area contributed by atoms with Gasteiger partial charge in [-0.3, -0.25) is 9.32 Å². The van der Waals surface area contributed by atoms with Gasteiger partial charge in [-0.05, 0) is 49.2 Å². The molecule has 2 aromatic heterocycles. The first-order valence-electron chi connectivity index (χ1n) is 11.7. The number of phosphoric acid groups is 1. The highest BCUT2D eigenvalue weighted by atomic mass is 35.5. The zero-order valence-electron chi connectivity index (χ0n) is 20.7. The van der Waals surface area contributed by atoms with Gasteiger partial charge in [-0.25, -0.2) is 19.5 Å². The minimum Gasteiger partial charge on any atom is -0.493 e. The summed E-state index contributed by atoms with van der Waals surface area (Å²) in [6, 6.07) is 13.5. The van der Waals surface area contributed by atoms with Crippen molar-refractivity contribution in [2.75, 3.05) is 31.0 Å². The molecule has 4 aromatic rings. The molecule has 12 nitrogen and oxygen atoms in total. The summed E-state index contributed by atoms with van der Waals surface area (Å²) in [6.45, 7) is 0.212. The van der Waals surface area contributed by atoms with Gasteiger partial charge in [0.05, 0.1) is 37.7 Å². The third-order valence-corrected chi connectivity index (χ3v) is 6.09. The highest BCUT2D eigenvalue weighted by molar-refractivity contribution is 7.46. The van der Waals surface area contributed by atoms with E-state index in [-0.39, 0.29) is 19.1 Å². The molecule has 0 saturated heterocycles. The van der Waals surface area contributed by atoms with E-state index < -0.39 is 7.82 Å². The number of nitrogens with one attached hydrogen (secondary N) is 2. The van der Waals surface area contributed by atoms with Crippen LogP contribution in [0.5, 0.6) is 11.5 Å². The summed E-state index contributed by atoms with van der Waals surface area (Å²) in [6.07, 6.45) is 3.90. The number of methoxy groups -OCH3 is 1. The number of hydrogen-bond donors (Lipinski definition) is 4. The number of carbonyl (C=O) groups is 1. The second kappa shape index (κ2) is 12.8. The number of rotatable bonds is 12. The molecule has 0 saturated carbocycles. The van der Waals surface area contributed by atoms with E-state index in [1.165, 1.54) is 13.4 Å². The molecule has 0 aliphatic carbocycles. The molecule has 0 spiro atoms. The van der Waals surface area contributed by atoms with E-state index in [0.29, 0.717) is 63.2 Å². The Labute approximate surface area is 228 Å². The number of carbonyl (C=O) groups excluding carboxylic acids is 1. The standard InChI is InChI=1S/C25H25ClN5O7P/c1-36-21-12-19-20(13-22(21)37-9-2-3-10-38-39(33,34)35)28-15-29-24(19)30-18-7-8-23(27-14-18)31-25(32)16-5-4-6-17(26)11-16/h4-8,11-15H,2-3,9-10H2,1H3,(H,27,31,32)(H,28,29,30)(H2,33,34,35). The van der Waals surface area contributed by atoms with Crippen molar-refractivity contribution in [2.45, 2.75) is 12.8 Å². The van der Waals surface area contributed by atoms with Gasteiger partial charge >= 0.3 is 7.82 Å². The number of ether oxygens (including phenoxy) is 2. The van der Waals surface area contributed by atoms with Gasteiger partial charge in [0.2, 0.25) is 0 Å².